The van der Waals surface area contributed by atoms with E-state index in [4.69, 9.17) is 16.3 Å². The van der Waals surface area contributed by atoms with Crippen LogP contribution in [0, 0.1) is 0 Å². The average molecular weight is 450 g/mol. The van der Waals surface area contributed by atoms with E-state index in [1.54, 1.807) is 31.2 Å². The van der Waals surface area contributed by atoms with E-state index in [9.17, 15) is 18.0 Å². The lowest BCUT2D eigenvalue weighted by Crippen LogP contribution is -2.10. The van der Waals surface area contributed by atoms with Gasteiger partial charge in [-0.1, -0.05) is 11.6 Å². The van der Waals surface area contributed by atoms with Gasteiger partial charge >= 0.3 is 5.97 Å². The lowest BCUT2D eigenvalue weighted by Gasteiger charge is -2.05. The number of ether oxygens (including phenoxy) is 1. The van der Waals surface area contributed by atoms with Crippen molar-refractivity contribution in [3.05, 3.63) is 76.1 Å². The number of thiophene rings is 1. The van der Waals surface area contributed by atoms with Crippen LogP contribution in [-0.4, -0.2) is 26.9 Å². The van der Waals surface area contributed by atoms with Gasteiger partial charge in [-0.3, -0.25) is 4.79 Å². The summed E-state index contributed by atoms with van der Waals surface area (Å²) in [7, 11) is -3.73. The molecule has 3 rings (SSSR count). The van der Waals surface area contributed by atoms with Crippen LogP contribution in [0.2, 0.25) is 5.02 Å². The summed E-state index contributed by atoms with van der Waals surface area (Å²) in [6.07, 6.45) is 0. The lowest BCUT2D eigenvalue weighted by molar-refractivity contribution is 0.0526. The predicted molar refractivity (Wildman–Crippen MR) is 112 cm³/mol. The van der Waals surface area contributed by atoms with Gasteiger partial charge in [-0.25, -0.2) is 13.2 Å². The monoisotopic (exact) mass is 449 g/mol. The third kappa shape index (κ3) is 4.84. The standard InChI is InChI=1S/C20H16ClNO5S2/c1-2-27-20(24)13-3-7-15(8-4-13)22-19(23)17-11-12-18(28-17)29(25,26)16-9-5-14(21)6-10-16/h3-12H,2H2,1H3,(H,22,23). The molecule has 1 N–H and O–H groups in total. The fourth-order valence-corrected chi connectivity index (χ4v) is 5.14. The number of carbonyl (C=O) groups is 2. The second-order valence-electron chi connectivity index (χ2n) is 5.83. The maximum atomic E-state index is 12.7. The Morgan fingerprint density at radius 2 is 1.66 bits per heavy atom. The Hall–Kier alpha value is -2.68. The highest BCUT2D eigenvalue weighted by Crippen LogP contribution is 2.29. The van der Waals surface area contributed by atoms with E-state index in [2.05, 4.69) is 5.32 Å². The quantitative estimate of drug-likeness (QED) is 0.552. The molecule has 0 saturated carbocycles. The second kappa shape index (κ2) is 8.77. The molecule has 0 aliphatic carbocycles. The maximum Gasteiger partial charge on any atom is 0.338 e. The number of anilines is 1. The van der Waals surface area contributed by atoms with Gasteiger partial charge in [-0.05, 0) is 67.6 Å². The number of hydrogen-bond acceptors (Lipinski definition) is 6. The topological polar surface area (TPSA) is 89.5 Å². The SMILES string of the molecule is CCOC(=O)c1ccc(NC(=O)c2ccc(S(=O)(=O)c3ccc(Cl)cc3)s2)cc1. The molecule has 3 aromatic rings. The Labute approximate surface area is 177 Å². The zero-order valence-electron chi connectivity index (χ0n) is 15.2. The highest BCUT2D eigenvalue weighted by molar-refractivity contribution is 7.93. The Balaban J connectivity index is 1.74. The molecule has 1 heterocycles. The molecular weight excluding hydrogens is 434 g/mol. The molecule has 0 saturated heterocycles. The fourth-order valence-electron chi connectivity index (χ4n) is 2.41. The number of amides is 1. The minimum Gasteiger partial charge on any atom is -0.462 e. The summed E-state index contributed by atoms with van der Waals surface area (Å²) < 4.78 is 30.3. The van der Waals surface area contributed by atoms with Crippen LogP contribution in [0.5, 0.6) is 0 Å². The summed E-state index contributed by atoms with van der Waals surface area (Å²) in [5, 5.41) is 3.11. The number of halogens is 1. The smallest absolute Gasteiger partial charge is 0.338 e. The summed E-state index contributed by atoms with van der Waals surface area (Å²) >= 11 is 6.68. The van der Waals surface area contributed by atoms with Gasteiger partial charge in [0.2, 0.25) is 9.84 Å². The molecule has 0 unspecified atom stereocenters. The van der Waals surface area contributed by atoms with E-state index < -0.39 is 21.7 Å². The average Bonchev–Trinajstić information content (AvgIpc) is 3.20. The first-order chi connectivity index (χ1) is 13.8. The molecule has 1 aromatic heterocycles. The van der Waals surface area contributed by atoms with Crippen LogP contribution >= 0.6 is 22.9 Å². The van der Waals surface area contributed by atoms with Crippen molar-refractivity contribution in [3.8, 4) is 0 Å². The van der Waals surface area contributed by atoms with Crippen molar-refractivity contribution in [3.63, 3.8) is 0 Å². The maximum absolute atomic E-state index is 12.7. The second-order valence-corrected chi connectivity index (χ2v) is 9.52. The summed E-state index contributed by atoms with van der Waals surface area (Å²) in [5.41, 5.74) is 0.843. The van der Waals surface area contributed by atoms with Crippen LogP contribution in [0.4, 0.5) is 5.69 Å². The molecule has 1 amide bonds. The molecule has 29 heavy (non-hydrogen) atoms. The van der Waals surface area contributed by atoms with Crippen molar-refractivity contribution in [1.82, 2.24) is 0 Å². The van der Waals surface area contributed by atoms with Crippen molar-refractivity contribution in [2.45, 2.75) is 16.0 Å². The summed E-state index contributed by atoms with van der Waals surface area (Å²) in [6, 6.07) is 14.9. The molecule has 0 atom stereocenters. The molecule has 150 valence electrons. The van der Waals surface area contributed by atoms with Gasteiger partial charge in [0, 0.05) is 10.7 Å². The molecule has 0 aliphatic rings. The van der Waals surface area contributed by atoms with Crippen LogP contribution < -0.4 is 5.32 Å². The van der Waals surface area contributed by atoms with Crippen LogP contribution in [0.1, 0.15) is 27.0 Å². The van der Waals surface area contributed by atoms with Gasteiger partial charge in [0.05, 0.1) is 21.9 Å². The van der Waals surface area contributed by atoms with Gasteiger partial charge in [0.15, 0.2) is 0 Å². The number of nitrogens with one attached hydrogen (secondary N) is 1. The predicted octanol–water partition coefficient (Wildman–Crippen LogP) is 4.66. The van der Waals surface area contributed by atoms with Crippen molar-refractivity contribution < 1.29 is 22.7 Å². The number of benzene rings is 2. The molecule has 0 radical (unpaired) electrons. The number of carbonyl (C=O) groups excluding carboxylic acids is 2. The van der Waals surface area contributed by atoms with E-state index in [0.29, 0.717) is 16.3 Å². The molecule has 9 heteroatoms. The van der Waals surface area contributed by atoms with Gasteiger partial charge in [0.1, 0.15) is 4.21 Å². The highest BCUT2D eigenvalue weighted by Gasteiger charge is 2.22. The lowest BCUT2D eigenvalue weighted by atomic mass is 10.2. The molecule has 0 spiro atoms. The molecular formula is C20H16ClNO5S2. The highest BCUT2D eigenvalue weighted by atomic mass is 35.5. The van der Waals surface area contributed by atoms with Crippen LogP contribution in [0.15, 0.2) is 69.8 Å². The van der Waals surface area contributed by atoms with E-state index in [-0.39, 0.29) is 20.6 Å². The van der Waals surface area contributed by atoms with E-state index >= 15 is 0 Å². The van der Waals surface area contributed by atoms with Gasteiger partial charge in [-0.15, -0.1) is 11.3 Å². The summed E-state index contributed by atoms with van der Waals surface area (Å²) in [5.74, 6) is -0.892. The fraction of sp³-hybridized carbons (Fsp3) is 0.100. The normalized spacial score (nSPS) is 11.1. The minimum atomic E-state index is -3.73. The first-order valence-corrected chi connectivity index (χ1v) is 11.2. The summed E-state index contributed by atoms with van der Waals surface area (Å²) in [6.45, 7) is 1.99. The van der Waals surface area contributed by atoms with Crippen LogP contribution in [-0.2, 0) is 14.6 Å². The zero-order valence-corrected chi connectivity index (χ0v) is 17.6. The molecule has 6 nitrogen and oxygen atoms in total. The molecule has 0 fully saturated rings. The van der Waals surface area contributed by atoms with Gasteiger partial charge in [-0.2, -0.15) is 0 Å². The number of esters is 1. The Morgan fingerprint density at radius 1 is 1.00 bits per heavy atom. The van der Waals surface area contributed by atoms with Gasteiger partial charge in [0.25, 0.3) is 5.91 Å². The third-order valence-corrected chi connectivity index (χ3v) is 7.45. The van der Waals surface area contributed by atoms with E-state index in [1.807, 2.05) is 0 Å². The summed E-state index contributed by atoms with van der Waals surface area (Å²) in [4.78, 5) is 24.5. The molecule has 2 aromatic carbocycles. The Morgan fingerprint density at radius 3 is 2.28 bits per heavy atom. The van der Waals surface area contributed by atoms with Crippen LogP contribution in [0.25, 0.3) is 0 Å². The van der Waals surface area contributed by atoms with Crippen molar-refractivity contribution in [1.29, 1.82) is 0 Å². The molecule has 0 bridgehead atoms. The van der Waals surface area contributed by atoms with Crippen molar-refractivity contribution in [2.75, 3.05) is 11.9 Å². The largest absolute Gasteiger partial charge is 0.462 e. The van der Waals surface area contributed by atoms with Crippen molar-refractivity contribution >= 4 is 50.3 Å². The number of sulfone groups is 1. The third-order valence-electron chi connectivity index (χ3n) is 3.85. The Bertz CT molecular complexity index is 1140. The van der Waals surface area contributed by atoms with Crippen LogP contribution in [0.3, 0.4) is 0 Å². The van der Waals surface area contributed by atoms with Crippen molar-refractivity contribution in [2.24, 2.45) is 0 Å². The van der Waals surface area contributed by atoms with Gasteiger partial charge < -0.3 is 10.1 Å². The molecule has 0 aliphatic heterocycles. The Kier molecular flexibility index (Phi) is 6.36. The number of rotatable bonds is 6. The first kappa shape index (κ1) is 21.0. The number of hydrogen-bond donors (Lipinski definition) is 1. The minimum absolute atomic E-state index is 0.0580. The first-order valence-electron chi connectivity index (χ1n) is 8.50. The zero-order chi connectivity index (χ0) is 21.0. The van der Waals surface area contributed by atoms with E-state index in [0.717, 1.165) is 11.3 Å². The van der Waals surface area contributed by atoms with E-state index in [1.165, 1.54) is 36.4 Å².